The molecule has 0 atom stereocenters. The molecule has 0 saturated carbocycles. The minimum Gasteiger partial charge on any atom is -0.546 e. The lowest BCUT2D eigenvalue weighted by Crippen LogP contribution is -2.29. The molecule has 0 spiro atoms. The summed E-state index contributed by atoms with van der Waals surface area (Å²) in [6.45, 7) is -0.628. The highest BCUT2D eigenvalue weighted by molar-refractivity contribution is 6.31. The van der Waals surface area contributed by atoms with E-state index in [1.54, 1.807) is 30.3 Å². The highest BCUT2D eigenvalue weighted by Gasteiger charge is 2.11. The van der Waals surface area contributed by atoms with E-state index in [9.17, 15) is 20.0 Å². The van der Waals surface area contributed by atoms with Crippen LogP contribution in [0.1, 0.15) is 5.56 Å². The molecule has 0 fully saturated rings. The number of benzene rings is 2. The lowest BCUT2D eigenvalue weighted by Gasteiger charge is -2.11. The van der Waals surface area contributed by atoms with Gasteiger partial charge >= 0.3 is 0 Å². The van der Waals surface area contributed by atoms with Crippen molar-refractivity contribution in [1.29, 1.82) is 5.26 Å². The normalized spacial score (nSPS) is 10.6. The van der Waals surface area contributed by atoms with Crippen molar-refractivity contribution in [3.63, 3.8) is 0 Å². The number of carboxylic acid groups (broad SMARTS) is 1. The molecule has 138 valence electrons. The first-order valence-electron chi connectivity index (χ1n) is 7.62. The first kappa shape index (κ1) is 19.8. The second-order valence-corrected chi connectivity index (χ2v) is 5.64. The van der Waals surface area contributed by atoms with Gasteiger partial charge in [-0.15, -0.1) is 0 Å². The molecule has 27 heavy (non-hydrogen) atoms. The Morgan fingerprint density at radius 1 is 1.26 bits per heavy atom. The van der Waals surface area contributed by atoms with Gasteiger partial charge in [-0.05, 0) is 42.0 Å². The number of ether oxygens (including phenoxy) is 2. The number of carbonyl (C=O) groups excluding carboxylic acids is 2. The number of nitrogens with zero attached hydrogens (tertiary/aromatic N) is 1. The minimum absolute atomic E-state index is 0.138. The number of carboxylic acids is 1. The number of nitriles is 1. The fraction of sp³-hybridized carbons (Fsp3) is 0.105. The van der Waals surface area contributed by atoms with Gasteiger partial charge in [-0.2, -0.15) is 5.26 Å². The minimum atomic E-state index is -1.37. The van der Waals surface area contributed by atoms with E-state index in [1.165, 1.54) is 25.3 Å². The summed E-state index contributed by atoms with van der Waals surface area (Å²) in [5.41, 5.74) is 0.808. The molecule has 1 N–H and O–H groups in total. The van der Waals surface area contributed by atoms with Gasteiger partial charge in [0.05, 0.1) is 13.1 Å². The lowest BCUT2D eigenvalue weighted by molar-refractivity contribution is -0.307. The lowest BCUT2D eigenvalue weighted by atomic mass is 10.1. The average molecular weight is 386 g/mol. The molecule has 0 aliphatic heterocycles. The smallest absolute Gasteiger partial charge is 0.266 e. The van der Waals surface area contributed by atoms with Gasteiger partial charge in [-0.25, -0.2) is 0 Å². The van der Waals surface area contributed by atoms with Gasteiger partial charge in [0.25, 0.3) is 5.91 Å². The van der Waals surface area contributed by atoms with Gasteiger partial charge in [0.1, 0.15) is 18.2 Å². The third kappa shape index (κ3) is 5.76. The van der Waals surface area contributed by atoms with Crippen molar-refractivity contribution in [2.24, 2.45) is 0 Å². The number of hydrogen-bond acceptors (Lipinski definition) is 6. The van der Waals surface area contributed by atoms with Crippen LogP contribution in [-0.4, -0.2) is 25.6 Å². The number of anilines is 1. The summed E-state index contributed by atoms with van der Waals surface area (Å²) < 4.78 is 10.2. The van der Waals surface area contributed by atoms with Crippen molar-refractivity contribution in [2.45, 2.75) is 0 Å². The molecule has 0 aliphatic rings. The number of nitrogens with one attached hydrogen (secondary N) is 1. The topological polar surface area (TPSA) is 111 Å². The number of methoxy groups -OCH3 is 1. The predicted molar refractivity (Wildman–Crippen MR) is 97.2 cm³/mol. The maximum Gasteiger partial charge on any atom is 0.266 e. The third-order valence-corrected chi connectivity index (χ3v) is 3.53. The van der Waals surface area contributed by atoms with Crippen LogP contribution in [0.25, 0.3) is 6.08 Å². The van der Waals surface area contributed by atoms with Gasteiger partial charge in [-0.3, -0.25) is 4.79 Å². The molecule has 0 bridgehead atoms. The van der Waals surface area contributed by atoms with E-state index in [-0.39, 0.29) is 17.1 Å². The zero-order valence-electron chi connectivity index (χ0n) is 14.2. The number of aliphatic carboxylic acids is 1. The van der Waals surface area contributed by atoms with Crippen molar-refractivity contribution in [3.05, 3.63) is 58.6 Å². The monoisotopic (exact) mass is 385 g/mol. The fourth-order valence-corrected chi connectivity index (χ4v) is 2.30. The molecule has 0 saturated heterocycles. The summed E-state index contributed by atoms with van der Waals surface area (Å²) in [6, 6.07) is 12.9. The molecule has 0 unspecified atom stereocenters. The first-order valence-corrected chi connectivity index (χ1v) is 8.00. The molecule has 0 aromatic heterocycles. The highest BCUT2D eigenvalue weighted by Crippen LogP contribution is 2.29. The molecule has 0 heterocycles. The van der Waals surface area contributed by atoms with Crippen LogP contribution in [0.5, 0.6) is 11.5 Å². The summed E-state index contributed by atoms with van der Waals surface area (Å²) in [7, 11) is 1.38. The number of halogens is 1. The molecule has 0 radical (unpaired) electrons. The zero-order valence-corrected chi connectivity index (χ0v) is 14.9. The summed E-state index contributed by atoms with van der Waals surface area (Å²) in [5.74, 6) is -1.53. The Kier molecular flexibility index (Phi) is 6.80. The van der Waals surface area contributed by atoms with Gasteiger partial charge < -0.3 is 24.7 Å². The molecule has 0 aliphatic carbocycles. The molecule has 2 aromatic rings. The fourth-order valence-electron chi connectivity index (χ4n) is 2.11. The summed E-state index contributed by atoms with van der Waals surface area (Å²) in [6.07, 6.45) is 1.37. The zero-order chi connectivity index (χ0) is 19.8. The predicted octanol–water partition coefficient (Wildman–Crippen LogP) is 2.02. The Morgan fingerprint density at radius 3 is 2.67 bits per heavy atom. The van der Waals surface area contributed by atoms with E-state index in [0.717, 1.165) is 0 Å². The molecular formula is C19H14ClN2O5-. The quantitative estimate of drug-likeness (QED) is 0.576. The molecule has 8 heteroatoms. The van der Waals surface area contributed by atoms with Crippen molar-refractivity contribution in [1.82, 2.24) is 0 Å². The van der Waals surface area contributed by atoms with Crippen LogP contribution in [0.4, 0.5) is 5.69 Å². The Hall–Kier alpha value is -3.50. The van der Waals surface area contributed by atoms with E-state index in [1.807, 2.05) is 6.07 Å². The van der Waals surface area contributed by atoms with E-state index < -0.39 is 18.5 Å². The SMILES string of the molecule is COc1cc(/C=C(\C#N)C(=O)Nc2cccc(Cl)c2)ccc1OCC(=O)[O-]. The Bertz CT molecular complexity index is 934. The number of carbonyl (C=O) groups is 2. The maximum atomic E-state index is 12.3. The second kappa shape index (κ2) is 9.27. The van der Waals surface area contributed by atoms with Crippen LogP contribution in [0, 0.1) is 11.3 Å². The number of amides is 1. The first-order chi connectivity index (χ1) is 12.9. The van der Waals surface area contributed by atoms with Gasteiger partial charge in [0.2, 0.25) is 0 Å². The van der Waals surface area contributed by atoms with Gasteiger partial charge in [0.15, 0.2) is 11.5 Å². The Morgan fingerprint density at radius 2 is 2.04 bits per heavy atom. The van der Waals surface area contributed by atoms with Crippen LogP contribution in [0.3, 0.4) is 0 Å². The average Bonchev–Trinajstić information content (AvgIpc) is 2.64. The highest BCUT2D eigenvalue weighted by atomic mass is 35.5. The van der Waals surface area contributed by atoms with Crippen molar-refractivity contribution < 1.29 is 24.2 Å². The van der Waals surface area contributed by atoms with E-state index in [2.05, 4.69) is 5.32 Å². The summed E-state index contributed by atoms with van der Waals surface area (Å²) in [5, 5.41) is 22.8. The Balaban J connectivity index is 2.22. The molecule has 2 rings (SSSR count). The van der Waals surface area contributed by atoms with Crippen LogP contribution in [-0.2, 0) is 9.59 Å². The third-order valence-electron chi connectivity index (χ3n) is 3.29. The van der Waals surface area contributed by atoms with Crippen molar-refractivity contribution in [2.75, 3.05) is 19.0 Å². The number of rotatable bonds is 7. The van der Waals surface area contributed by atoms with Gasteiger partial charge in [-0.1, -0.05) is 23.7 Å². The molecule has 2 aromatic carbocycles. The number of hydrogen-bond donors (Lipinski definition) is 1. The van der Waals surface area contributed by atoms with Crippen LogP contribution < -0.4 is 19.9 Å². The molecular weight excluding hydrogens is 372 g/mol. The maximum absolute atomic E-state index is 12.3. The molecule has 7 nitrogen and oxygen atoms in total. The summed E-state index contributed by atoms with van der Waals surface area (Å²) in [4.78, 5) is 22.8. The van der Waals surface area contributed by atoms with Gasteiger partial charge in [0, 0.05) is 10.7 Å². The van der Waals surface area contributed by atoms with E-state index in [4.69, 9.17) is 21.1 Å². The van der Waals surface area contributed by atoms with Crippen LogP contribution in [0.15, 0.2) is 48.0 Å². The Labute approximate surface area is 160 Å². The van der Waals surface area contributed by atoms with Crippen molar-refractivity contribution >= 4 is 35.2 Å². The summed E-state index contributed by atoms with van der Waals surface area (Å²) >= 11 is 5.87. The largest absolute Gasteiger partial charge is 0.546 e. The molecule has 1 amide bonds. The van der Waals surface area contributed by atoms with Crippen molar-refractivity contribution in [3.8, 4) is 17.6 Å². The van der Waals surface area contributed by atoms with Crippen LogP contribution >= 0.6 is 11.6 Å². The standard InChI is InChI=1S/C19H15ClN2O5/c1-26-17-8-12(5-6-16(17)27-11-18(23)24)7-13(10-21)19(25)22-15-4-2-3-14(20)9-15/h2-9H,11H2,1H3,(H,22,25)(H,23,24)/p-1/b13-7+. The second-order valence-electron chi connectivity index (χ2n) is 5.21. The van der Waals surface area contributed by atoms with Crippen LogP contribution in [0.2, 0.25) is 5.02 Å². The van der Waals surface area contributed by atoms with E-state index >= 15 is 0 Å². The van der Waals surface area contributed by atoms with E-state index in [0.29, 0.717) is 16.3 Å².